The number of imidazole rings is 1. The highest BCUT2D eigenvalue weighted by Gasteiger charge is 2.13. The van der Waals surface area contributed by atoms with E-state index in [0.717, 1.165) is 0 Å². The normalized spacial score (nSPS) is 12.3. The van der Waals surface area contributed by atoms with Crippen molar-refractivity contribution in [3.8, 4) is 17.1 Å². The summed E-state index contributed by atoms with van der Waals surface area (Å²) in [5.74, 6) is -0.401. The largest absolute Gasteiger partial charge is 0.755 e. The molecule has 18 heavy (non-hydrogen) atoms. The molecule has 0 bridgehead atoms. The number of nitrogens with one attached hydrogen (secondary N) is 3. The predicted octanol–water partition coefficient (Wildman–Crippen LogP) is 0.935. The molecule has 0 saturated carbocycles. The second-order valence-electron chi connectivity index (χ2n) is 3.33. The Bertz CT molecular complexity index is 666. The summed E-state index contributed by atoms with van der Waals surface area (Å²) in [6.07, 6.45) is 0. The highest BCUT2D eigenvalue weighted by atomic mass is 35.5. The molecule has 96 valence electrons. The van der Waals surface area contributed by atoms with Gasteiger partial charge in [-0.2, -0.15) is 0 Å². The minimum Gasteiger partial charge on any atom is -0.755 e. The zero-order valence-corrected chi connectivity index (χ0v) is 10.3. The van der Waals surface area contributed by atoms with Crippen LogP contribution < -0.4 is 10.4 Å². The molecule has 0 aliphatic heterocycles. The molecule has 0 aliphatic carbocycles. The summed E-state index contributed by atoms with van der Waals surface area (Å²) in [6.45, 7) is 0. The summed E-state index contributed by atoms with van der Waals surface area (Å²) >= 11 is 3.26. The van der Waals surface area contributed by atoms with Crippen molar-refractivity contribution in [3.05, 3.63) is 33.7 Å². The summed E-state index contributed by atoms with van der Waals surface area (Å²) in [5, 5.41) is 9.85. The summed E-state index contributed by atoms with van der Waals surface area (Å²) in [7, 11) is 0. The van der Waals surface area contributed by atoms with E-state index in [9.17, 15) is 18.7 Å². The van der Waals surface area contributed by atoms with Gasteiger partial charge in [0.2, 0.25) is 5.88 Å². The fourth-order valence-corrected chi connectivity index (χ4v) is 2.00. The SMILES string of the molecule is O=c1[nH]c(O)c(-c2cc(Cl)ccc2NS(=O)[O-])[nH]1. The molecule has 0 fully saturated rings. The number of benzene rings is 1. The van der Waals surface area contributed by atoms with Gasteiger partial charge in [0.15, 0.2) is 0 Å². The van der Waals surface area contributed by atoms with Crippen LogP contribution in [-0.4, -0.2) is 23.8 Å². The van der Waals surface area contributed by atoms with Crippen LogP contribution in [0.25, 0.3) is 11.3 Å². The number of rotatable bonds is 3. The van der Waals surface area contributed by atoms with Gasteiger partial charge in [-0.15, -0.1) is 0 Å². The van der Waals surface area contributed by atoms with E-state index >= 15 is 0 Å². The summed E-state index contributed by atoms with van der Waals surface area (Å²) in [5.41, 5.74) is -0.132. The lowest BCUT2D eigenvalue weighted by Crippen LogP contribution is -2.04. The van der Waals surface area contributed by atoms with Gasteiger partial charge in [-0.1, -0.05) is 11.6 Å². The van der Waals surface area contributed by atoms with Gasteiger partial charge in [0.05, 0.1) is 5.69 Å². The number of aromatic amines is 2. The van der Waals surface area contributed by atoms with Gasteiger partial charge in [-0.05, 0) is 18.2 Å². The van der Waals surface area contributed by atoms with E-state index in [0.29, 0.717) is 5.02 Å². The number of hydrogen-bond acceptors (Lipinski definition) is 4. The van der Waals surface area contributed by atoms with Crippen LogP contribution in [0.4, 0.5) is 5.69 Å². The van der Waals surface area contributed by atoms with Gasteiger partial charge < -0.3 is 19.4 Å². The third-order valence-corrected chi connectivity index (χ3v) is 2.77. The summed E-state index contributed by atoms with van der Waals surface area (Å²) in [4.78, 5) is 15.5. The summed E-state index contributed by atoms with van der Waals surface area (Å²) in [6, 6.07) is 4.30. The Hall–Kier alpha value is -1.77. The smallest absolute Gasteiger partial charge is 0.326 e. The first kappa shape index (κ1) is 12.7. The van der Waals surface area contributed by atoms with Crippen molar-refractivity contribution in [1.29, 1.82) is 0 Å². The molecule has 0 aliphatic rings. The van der Waals surface area contributed by atoms with Crippen molar-refractivity contribution >= 4 is 28.6 Å². The average molecular weight is 289 g/mol. The lowest BCUT2D eigenvalue weighted by molar-refractivity contribution is 0.457. The Balaban J connectivity index is 2.61. The van der Waals surface area contributed by atoms with Crippen molar-refractivity contribution in [2.24, 2.45) is 0 Å². The number of anilines is 1. The highest BCUT2D eigenvalue weighted by molar-refractivity contribution is 7.80. The third-order valence-electron chi connectivity index (χ3n) is 2.15. The molecule has 0 amide bonds. The summed E-state index contributed by atoms with van der Waals surface area (Å²) < 4.78 is 23.4. The minimum absolute atomic E-state index is 0.0513. The first-order valence-corrected chi connectivity index (χ1v) is 6.10. The van der Waals surface area contributed by atoms with Crippen LogP contribution in [0.3, 0.4) is 0 Å². The quantitative estimate of drug-likeness (QED) is 0.628. The molecule has 1 atom stereocenters. The van der Waals surface area contributed by atoms with E-state index in [-0.39, 0.29) is 16.9 Å². The third kappa shape index (κ3) is 2.55. The molecule has 9 heteroatoms. The topological polar surface area (TPSA) is 121 Å². The molecule has 0 saturated heterocycles. The Labute approximate surface area is 108 Å². The van der Waals surface area contributed by atoms with Crippen LogP contribution in [0.15, 0.2) is 23.0 Å². The van der Waals surface area contributed by atoms with Crippen LogP contribution in [0, 0.1) is 0 Å². The van der Waals surface area contributed by atoms with Crippen molar-refractivity contribution in [1.82, 2.24) is 9.97 Å². The van der Waals surface area contributed by atoms with Gasteiger partial charge in [-0.3, -0.25) is 9.19 Å². The van der Waals surface area contributed by atoms with E-state index in [1.165, 1.54) is 18.2 Å². The van der Waals surface area contributed by atoms with E-state index in [1.54, 1.807) is 0 Å². The second-order valence-corrected chi connectivity index (χ2v) is 4.44. The van der Waals surface area contributed by atoms with E-state index in [4.69, 9.17) is 11.6 Å². The van der Waals surface area contributed by atoms with Crippen molar-refractivity contribution in [2.45, 2.75) is 0 Å². The molecule has 1 aromatic heterocycles. The maximum atomic E-state index is 11.1. The highest BCUT2D eigenvalue weighted by Crippen LogP contribution is 2.33. The Kier molecular flexibility index (Phi) is 3.41. The molecular weight excluding hydrogens is 282 g/mol. The van der Waals surface area contributed by atoms with Crippen LogP contribution in [0.1, 0.15) is 0 Å². The van der Waals surface area contributed by atoms with Gasteiger partial charge >= 0.3 is 5.69 Å². The van der Waals surface area contributed by atoms with Gasteiger partial charge in [0, 0.05) is 21.9 Å². The van der Waals surface area contributed by atoms with E-state index in [1.807, 2.05) is 0 Å². The zero-order chi connectivity index (χ0) is 13.3. The van der Waals surface area contributed by atoms with Crippen molar-refractivity contribution in [2.75, 3.05) is 4.72 Å². The Morgan fingerprint density at radius 3 is 2.67 bits per heavy atom. The molecular formula is C9H7ClN3O4S-. The second kappa shape index (κ2) is 4.84. The maximum absolute atomic E-state index is 11.1. The van der Waals surface area contributed by atoms with Gasteiger partial charge in [-0.25, -0.2) is 4.79 Å². The van der Waals surface area contributed by atoms with Crippen LogP contribution >= 0.6 is 11.6 Å². The fraction of sp³-hybridized carbons (Fsp3) is 0. The molecule has 2 rings (SSSR count). The first-order chi connectivity index (χ1) is 8.47. The zero-order valence-electron chi connectivity index (χ0n) is 8.69. The van der Waals surface area contributed by atoms with Crippen molar-refractivity contribution in [3.63, 3.8) is 0 Å². The lowest BCUT2D eigenvalue weighted by Gasteiger charge is -2.13. The number of aromatic nitrogens is 2. The predicted molar refractivity (Wildman–Crippen MR) is 66.1 cm³/mol. The molecule has 4 N–H and O–H groups in total. The molecule has 1 unspecified atom stereocenters. The average Bonchev–Trinajstić information content (AvgIpc) is 2.60. The molecule has 2 aromatic rings. The van der Waals surface area contributed by atoms with Gasteiger partial charge in [0.1, 0.15) is 5.69 Å². The first-order valence-electron chi connectivity index (χ1n) is 4.64. The van der Waals surface area contributed by atoms with E-state index in [2.05, 4.69) is 14.7 Å². The Morgan fingerprint density at radius 1 is 1.39 bits per heavy atom. The number of halogens is 1. The molecule has 7 nitrogen and oxygen atoms in total. The monoisotopic (exact) mass is 288 g/mol. The van der Waals surface area contributed by atoms with Crippen molar-refractivity contribution < 1.29 is 13.9 Å². The molecule has 1 heterocycles. The fourth-order valence-electron chi connectivity index (χ4n) is 1.47. The molecule has 0 spiro atoms. The van der Waals surface area contributed by atoms with Gasteiger partial charge in [0.25, 0.3) is 0 Å². The lowest BCUT2D eigenvalue weighted by atomic mass is 10.1. The van der Waals surface area contributed by atoms with Crippen LogP contribution in [0.5, 0.6) is 5.88 Å². The molecule has 0 radical (unpaired) electrons. The minimum atomic E-state index is -2.53. The van der Waals surface area contributed by atoms with Crippen LogP contribution in [-0.2, 0) is 11.3 Å². The Morgan fingerprint density at radius 2 is 2.11 bits per heavy atom. The van der Waals surface area contributed by atoms with E-state index < -0.39 is 22.8 Å². The number of aromatic hydroxyl groups is 1. The molecule has 1 aromatic carbocycles. The number of H-pyrrole nitrogens is 2. The maximum Gasteiger partial charge on any atom is 0.326 e. The standard InChI is InChI=1S/C9H8ClN3O4S/c10-4-1-2-6(13-18(16)17)5(3-4)7-8(14)12-9(15)11-7/h1-3,13-14H,(H,16,17)(H2,11,12,15)/p-1. The number of hydrogen-bond donors (Lipinski definition) is 4. The van der Waals surface area contributed by atoms with Crippen LogP contribution in [0.2, 0.25) is 5.02 Å².